The highest BCUT2D eigenvalue weighted by Gasteiger charge is 2.20. The molecule has 0 spiro atoms. The van der Waals surface area contributed by atoms with Crippen LogP contribution in [0.3, 0.4) is 0 Å². The molecule has 26 heavy (non-hydrogen) atoms. The number of hydrogen-bond acceptors (Lipinski definition) is 4. The van der Waals surface area contributed by atoms with Gasteiger partial charge in [0.25, 0.3) is 5.56 Å². The molecule has 0 N–H and O–H groups in total. The second-order valence-corrected chi connectivity index (χ2v) is 6.67. The third kappa shape index (κ3) is 3.93. The highest BCUT2D eigenvalue weighted by atomic mass is 19.1. The minimum atomic E-state index is -0.812. The first-order valence-corrected chi connectivity index (χ1v) is 8.86. The van der Waals surface area contributed by atoms with Gasteiger partial charge in [-0.15, -0.1) is 0 Å². The Kier molecular flexibility index (Phi) is 5.66. The average molecular weight is 363 g/mol. The van der Waals surface area contributed by atoms with E-state index in [1.165, 1.54) is 32.2 Å². The van der Waals surface area contributed by atoms with E-state index >= 15 is 0 Å². The Hall–Kier alpha value is -2.28. The van der Waals surface area contributed by atoms with Crippen molar-refractivity contribution in [1.29, 1.82) is 0 Å². The number of aromatic nitrogens is 2. The van der Waals surface area contributed by atoms with Crippen LogP contribution in [0.25, 0.3) is 11.1 Å². The Bertz CT molecular complexity index is 815. The van der Waals surface area contributed by atoms with Crippen molar-refractivity contribution in [2.75, 3.05) is 19.7 Å². The van der Waals surface area contributed by atoms with Crippen LogP contribution in [0.2, 0.25) is 0 Å². The third-order valence-corrected chi connectivity index (χ3v) is 4.84. The molecule has 1 aliphatic heterocycles. The molecule has 1 aromatic heterocycles. The van der Waals surface area contributed by atoms with Gasteiger partial charge in [-0.3, -0.25) is 4.79 Å². The molecule has 0 amide bonds. The fourth-order valence-corrected chi connectivity index (χ4v) is 3.35. The summed E-state index contributed by atoms with van der Waals surface area (Å²) in [5, 5.41) is 3.80. The van der Waals surface area contributed by atoms with Gasteiger partial charge in [0.2, 0.25) is 0 Å². The summed E-state index contributed by atoms with van der Waals surface area (Å²) in [7, 11) is 1.48. The quantitative estimate of drug-likeness (QED) is 0.741. The third-order valence-electron chi connectivity index (χ3n) is 4.84. The second-order valence-electron chi connectivity index (χ2n) is 6.67. The normalized spacial score (nSPS) is 17.6. The van der Waals surface area contributed by atoms with Crippen molar-refractivity contribution in [2.45, 2.75) is 32.2 Å². The highest BCUT2D eigenvalue weighted by molar-refractivity contribution is 5.63. The topological polar surface area (TPSA) is 47.4 Å². The molecule has 0 bridgehead atoms. The Morgan fingerprint density at radius 1 is 1.31 bits per heavy atom. The van der Waals surface area contributed by atoms with Crippen LogP contribution >= 0.6 is 0 Å². The zero-order valence-corrected chi connectivity index (χ0v) is 15.0. The second kappa shape index (κ2) is 7.95. The Labute approximate surface area is 151 Å². The number of ether oxygens (including phenoxy) is 1. The Balaban J connectivity index is 1.67. The van der Waals surface area contributed by atoms with Crippen molar-refractivity contribution in [3.8, 4) is 16.9 Å². The molecule has 0 unspecified atom stereocenters. The molecule has 7 heteroatoms. The highest BCUT2D eigenvalue weighted by Crippen LogP contribution is 2.27. The van der Waals surface area contributed by atoms with E-state index in [0.29, 0.717) is 12.5 Å². The van der Waals surface area contributed by atoms with Crippen LogP contribution in [0, 0.1) is 11.6 Å². The summed E-state index contributed by atoms with van der Waals surface area (Å²) < 4.78 is 35.1. The van der Waals surface area contributed by atoms with Crippen LogP contribution < -0.4 is 10.3 Å². The van der Waals surface area contributed by atoms with Crippen molar-refractivity contribution < 1.29 is 13.5 Å². The molecular formula is C19H23F2N3O2. The number of hydrogen-bond donors (Lipinski definition) is 0. The van der Waals surface area contributed by atoms with E-state index < -0.39 is 22.9 Å². The van der Waals surface area contributed by atoms with Crippen molar-refractivity contribution in [1.82, 2.24) is 14.7 Å². The van der Waals surface area contributed by atoms with E-state index in [-0.39, 0.29) is 17.7 Å². The fraction of sp³-hybridized carbons (Fsp3) is 0.474. The molecule has 1 fully saturated rings. The lowest BCUT2D eigenvalue weighted by Crippen LogP contribution is -2.28. The van der Waals surface area contributed by atoms with Gasteiger partial charge < -0.3 is 9.64 Å². The van der Waals surface area contributed by atoms with Gasteiger partial charge in [0, 0.05) is 25.8 Å². The Morgan fingerprint density at radius 2 is 2.04 bits per heavy atom. The van der Waals surface area contributed by atoms with Gasteiger partial charge in [-0.1, -0.05) is 0 Å². The first-order chi connectivity index (χ1) is 12.5. The lowest BCUT2D eigenvalue weighted by atomic mass is 10.1. The zero-order valence-electron chi connectivity index (χ0n) is 15.0. The number of rotatable bonds is 6. The van der Waals surface area contributed by atoms with Crippen LogP contribution in [-0.2, 0) is 7.05 Å². The SMILES string of the molecule is C[C@@H]1CCCN1CCCOc1c(F)cc(-c2ccnn(C)c2=O)cc1F. The number of nitrogens with zero attached hydrogens (tertiary/aromatic N) is 3. The first-order valence-electron chi connectivity index (χ1n) is 8.86. The number of halogens is 2. The van der Waals surface area contributed by atoms with Gasteiger partial charge in [-0.05, 0) is 56.5 Å². The minimum Gasteiger partial charge on any atom is -0.488 e. The summed E-state index contributed by atoms with van der Waals surface area (Å²) in [5.74, 6) is -2.02. The van der Waals surface area contributed by atoms with Crippen LogP contribution in [-0.4, -0.2) is 40.4 Å². The molecule has 140 valence electrons. The van der Waals surface area contributed by atoms with E-state index in [0.717, 1.165) is 29.9 Å². The average Bonchev–Trinajstić information content (AvgIpc) is 3.01. The monoisotopic (exact) mass is 363 g/mol. The molecular weight excluding hydrogens is 340 g/mol. The molecule has 1 aromatic carbocycles. The van der Waals surface area contributed by atoms with E-state index in [1.807, 2.05) is 0 Å². The lowest BCUT2D eigenvalue weighted by Gasteiger charge is -2.20. The molecule has 1 saturated heterocycles. The maximum absolute atomic E-state index is 14.3. The van der Waals surface area contributed by atoms with Crippen LogP contribution in [0.4, 0.5) is 8.78 Å². The van der Waals surface area contributed by atoms with Gasteiger partial charge in [-0.2, -0.15) is 5.10 Å². The maximum atomic E-state index is 14.3. The lowest BCUT2D eigenvalue weighted by molar-refractivity contribution is 0.222. The summed E-state index contributed by atoms with van der Waals surface area (Å²) in [6.07, 6.45) is 4.51. The van der Waals surface area contributed by atoms with E-state index in [9.17, 15) is 13.6 Å². The standard InChI is InChI=1S/C19H23F2N3O2/c1-13-5-3-8-24(13)9-4-10-26-18-16(20)11-14(12-17(18)21)15-6-7-22-23(2)19(15)25/h6-7,11-13H,3-5,8-10H2,1-2H3/t13-/m1/s1. The van der Waals surface area contributed by atoms with E-state index in [2.05, 4.69) is 16.9 Å². The number of aryl methyl sites for hydroxylation is 1. The largest absolute Gasteiger partial charge is 0.488 e. The van der Waals surface area contributed by atoms with E-state index in [1.54, 1.807) is 0 Å². The van der Waals surface area contributed by atoms with Gasteiger partial charge in [0.1, 0.15) is 0 Å². The summed E-state index contributed by atoms with van der Waals surface area (Å²) >= 11 is 0. The number of benzene rings is 1. The molecule has 2 heterocycles. The van der Waals surface area contributed by atoms with Crippen molar-refractivity contribution in [3.63, 3.8) is 0 Å². The molecule has 1 atom stereocenters. The Morgan fingerprint density at radius 3 is 2.69 bits per heavy atom. The van der Waals surface area contributed by atoms with Gasteiger partial charge in [-0.25, -0.2) is 13.5 Å². The molecule has 0 radical (unpaired) electrons. The molecule has 0 saturated carbocycles. The van der Waals surface area contributed by atoms with Crippen molar-refractivity contribution >= 4 is 0 Å². The molecule has 1 aliphatic rings. The predicted octanol–water partition coefficient (Wildman–Crippen LogP) is 2.98. The molecule has 2 aromatic rings. The van der Waals surface area contributed by atoms with Crippen LogP contribution in [0.5, 0.6) is 5.75 Å². The minimum absolute atomic E-state index is 0.168. The molecule has 5 nitrogen and oxygen atoms in total. The van der Waals surface area contributed by atoms with Gasteiger partial charge in [0.05, 0.1) is 12.2 Å². The summed E-state index contributed by atoms with van der Waals surface area (Å²) in [5.41, 5.74) is -0.0594. The zero-order chi connectivity index (χ0) is 18.7. The number of likely N-dealkylation sites (tertiary alicyclic amines) is 1. The summed E-state index contributed by atoms with van der Waals surface area (Å²) in [6.45, 7) is 4.36. The summed E-state index contributed by atoms with van der Waals surface area (Å²) in [4.78, 5) is 14.4. The van der Waals surface area contributed by atoms with Gasteiger partial charge >= 0.3 is 0 Å². The fourth-order valence-electron chi connectivity index (χ4n) is 3.35. The molecule has 3 rings (SSSR count). The van der Waals surface area contributed by atoms with Crippen LogP contribution in [0.15, 0.2) is 29.2 Å². The predicted molar refractivity (Wildman–Crippen MR) is 95.2 cm³/mol. The van der Waals surface area contributed by atoms with Gasteiger partial charge in [0.15, 0.2) is 17.4 Å². The smallest absolute Gasteiger partial charge is 0.274 e. The van der Waals surface area contributed by atoms with Crippen molar-refractivity contribution in [3.05, 3.63) is 46.4 Å². The van der Waals surface area contributed by atoms with E-state index in [4.69, 9.17) is 4.74 Å². The van der Waals surface area contributed by atoms with Crippen molar-refractivity contribution in [2.24, 2.45) is 7.05 Å². The maximum Gasteiger partial charge on any atom is 0.274 e. The van der Waals surface area contributed by atoms with Crippen LogP contribution in [0.1, 0.15) is 26.2 Å². The summed E-state index contributed by atoms with van der Waals surface area (Å²) in [6, 6.07) is 4.25. The first kappa shape index (κ1) is 18.5. The molecule has 0 aliphatic carbocycles.